The van der Waals surface area contributed by atoms with Crippen LogP contribution in [0.25, 0.3) is 16.4 Å². The molecule has 5 nitrogen and oxygen atoms in total. The van der Waals surface area contributed by atoms with E-state index >= 15 is 0 Å². The van der Waals surface area contributed by atoms with Crippen molar-refractivity contribution < 1.29 is 9.53 Å². The molecule has 0 spiro atoms. The standard InChI is InChI=1S/C19H21N3O2S/c1-13(2)12-20-18(23)17-16(14-6-8-15(24-3)9-7-14)21-19(25-17)22-10-4-5-11-22/h4-11,13H,12H2,1-3H3,(H,20,23). The van der Waals surface area contributed by atoms with E-state index in [4.69, 9.17) is 9.72 Å². The zero-order valence-electron chi connectivity index (χ0n) is 14.5. The molecule has 1 aromatic carbocycles. The molecule has 0 saturated carbocycles. The molecule has 2 aromatic heterocycles. The van der Waals surface area contributed by atoms with Crippen LogP contribution in [0.4, 0.5) is 0 Å². The Kier molecular flexibility index (Phi) is 5.19. The summed E-state index contributed by atoms with van der Waals surface area (Å²) in [6.07, 6.45) is 3.85. The number of methoxy groups -OCH3 is 1. The minimum atomic E-state index is -0.0876. The number of hydrogen-bond acceptors (Lipinski definition) is 4. The van der Waals surface area contributed by atoms with Crippen LogP contribution in [-0.2, 0) is 0 Å². The third-order valence-electron chi connectivity index (χ3n) is 3.68. The second-order valence-corrected chi connectivity index (χ2v) is 7.07. The average Bonchev–Trinajstić information content (AvgIpc) is 3.29. The lowest BCUT2D eigenvalue weighted by Gasteiger charge is -2.07. The van der Waals surface area contributed by atoms with Crippen LogP contribution in [0.5, 0.6) is 5.75 Å². The first-order valence-electron chi connectivity index (χ1n) is 8.15. The molecule has 0 aliphatic carbocycles. The summed E-state index contributed by atoms with van der Waals surface area (Å²) in [4.78, 5) is 18.0. The molecular weight excluding hydrogens is 334 g/mol. The van der Waals surface area contributed by atoms with Crippen LogP contribution in [-0.4, -0.2) is 29.1 Å². The Labute approximate surface area is 151 Å². The Balaban J connectivity index is 2.00. The van der Waals surface area contributed by atoms with Crippen LogP contribution in [0, 0.1) is 5.92 Å². The molecule has 1 amide bonds. The Bertz CT molecular complexity index is 836. The molecule has 6 heteroatoms. The fourth-order valence-corrected chi connectivity index (χ4v) is 3.33. The Morgan fingerprint density at radius 1 is 1.24 bits per heavy atom. The summed E-state index contributed by atoms with van der Waals surface area (Å²) in [5.41, 5.74) is 1.59. The molecule has 3 aromatic rings. The summed E-state index contributed by atoms with van der Waals surface area (Å²) in [6.45, 7) is 4.78. The SMILES string of the molecule is COc1ccc(-c2nc(-n3cccc3)sc2C(=O)NCC(C)C)cc1. The highest BCUT2D eigenvalue weighted by atomic mass is 32.1. The van der Waals surface area contributed by atoms with Gasteiger partial charge in [0, 0.05) is 24.5 Å². The fraction of sp³-hybridized carbons (Fsp3) is 0.263. The lowest BCUT2D eigenvalue weighted by atomic mass is 10.1. The molecule has 0 atom stereocenters. The van der Waals surface area contributed by atoms with E-state index in [1.807, 2.05) is 53.4 Å². The number of nitrogens with zero attached hydrogens (tertiary/aromatic N) is 2. The number of benzene rings is 1. The van der Waals surface area contributed by atoms with Crippen molar-refractivity contribution in [2.24, 2.45) is 5.92 Å². The van der Waals surface area contributed by atoms with Gasteiger partial charge in [-0.15, -0.1) is 0 Å². The van der Waals surface area contributed by atoms with Crippen LogP contribution in [0.3, 0.4) is 0 Å². The highest BCUT2D eigenvalue weighted by Gasteiger charge is 2.20. The van der Waals surface area contributed by atoms with Gasteiger partial charge in [-0.2, -0.15) is 0 Å². The summed E-state index contributed by atoms with van der Waals surface area (Å²) in [5, 5.41) is 3.76. The summed E-state index contributed by atoms with van der Waals surface area (Å²) in [5.74, 6) is 1.08. The second kappa shape index (κ2) is 7.53. The van der Waals surface area contributed by atoms with Crippen molar-refractivity contribution in [3.05, 3.63) is 53.7 Å². The number of aromatic nitrogens is 2. The van der Waals surface area contributed by atoms with Gasteiger partial charge in [-0.25, -0.2) is 4.98 Å². The molecule has 0 radical (unpaired) electrons. The summed E-state index contributed by atoms with van der Waals surface area (Å²) < 4.78 is 7.12. The number of hydrogen-bond donors (Lipinski definition) is 1. The normalized spacial score (nSPS) is 10.9. The molecule has 0 aliphatic heterocycles. The van der Waals surface area contributed by atoms with Gasteiger partial charge in [-0.1, -0.05) is 25.2 Å². The zero-order chi connectivity index (χ0) is 17.8. The van der Waals surface area contributed by atoms with E-state index in [0.29, 0.717) is 23.0 Å². The van der Waals surface area contributed by atoms with Gasteiger partial charge in [0.05, 0.1) is 12.8 Å². The van der Waals surface area contributed by atoms with Gasteiger partial charge >= 0.3 is 0 Å². The first-order chi connectivity index (χ1) is 12.1. The van der Waals surface area contributed by atoms with Crippen molar-refractivity contribution in [2.45, 2.75) is 13.8 Å². The van der Waals surface area contributed by atoms with Crippen molar-refractivity contribution in [3.63, 3.8) is 0 Å². The largest absolute Gasteiger partial charge is 0.497 e. The van der Waals surface area contributed by atoms with Gasteiger partial charge in [0.2, 0.25) is 0 Å². The molecule has 3 rings (SSSR count). The number of ether oxygens (including phenoxy) is 1. The molecule has 130 valence electrons. The third kappa shape index (κ3) is 3.91. The first-order valence-corrected chi connectivity index (χ1v) is 8.97. The first kappa shape index (κ1) is 17.2. The van der Waals surface area contributed by atoms with Gasteiger partial charge in [0.25, 0.3) is 5.91 Å². The molecule has 1 N–H and O–H groups in total. The van der Waals surface area contributed by atoms with Gasteiger partial charge in [0.1, 0.15) is 10.6 Å². The lowest BCUT2D eigenvalue weighted by Crippen LogP contribution is -2.27. The highest BCUT2D eigenvalue weighted by Crippen LogP contribution is 2.31. The summed E-state index contributed by atoms with van der Waals surface area (Å²) in [7, 11) is 1.63. The van der Waals surface area contributed by atoms with Crippen molar-refractivity contribution in [3.8, 4) is 22.1 Å². The lowest BCUT2D eigenvalue weighted by molar-refractivity contribution is 0.0953. The van der Waals surface area contributed by atoms with E-state index in [2.05, 4.69) is 19.2 Å². The van der Waals surface area contributed by atoms with Crippen molar-refractivity contribution in [1.29, 1.82) is 0 Å². The van der Waals surface area contributed by atoms with E-state index in [1.54, 1.807) is 7.11 Å². The number of nitrogens with one attached hydrogen (secondary N) is 1. The fourth-order valence-electron chi connectivity index (χ4n) is 2.36. The van der Waals surface area contributed by atoms with Gasteiger partial charge in [0.15, 0.2) is 5.13 Å². The van der Waals surface area contributed by atoms with Crippen LogP contribution < -0.4 is 10.1 Å². The minimum absolute atomic E-state index is 0.0876. The number of thiazole rings is 1. The number of amides is 1. The molecule has 25 heavy (non-hydrogen) atoms. The molecule has 2 heterocycles. The van der Waals surface area contributed by atoms with E-state index in [0.717, 1.165) is 16.4 Å². The maximum absolute atomic E-state index is 12.7. The van der Waals surface area contributed by atoms with E-state index < -0.39 is 0 Å². The van der Waals surface area contributed by atoms with Crippen LogP contribution in [0.15, 0.2) is 48.8 Å². The van der Waals surface area contributed by atoms with Gasteiger partial charge in [-0.05, 0) is 42.3 Å². The molecule has 0 bridgehead atoms. The summed E-state index contributed by atoms with van der Waals surface area (Å²) >= 11 is 1.39. The quantitative estimate of drug-likeness (QED) is 0.727. The van der Waals surface area contributed by atoms with Crippen LogP contribution in [0.1, 0.15) is 23.5 Å². The van der Waals surface area contributed by atoms with E-state index in [9.17, 15) is 4.79 Å². The van der Waals surface area contributed by atoms with Gasteiger partial charge < -0.3 is 14.6 Å². The maximum atomic E-state index is 12.7. The predicted molar refractivity (Wildman–Crippen MR) is 101 cm³/mol. The monoisotopic (exact) mass is 355 g/mol. The minimum Gasteiger partial charge on any atom is -0.497 e. The summed E-state index contributed by atoms with van der Waals surface area (Å²) in [6, 6.07) is 11.5. The molecule has 0 unspecified atom stereocenters. The zero-order valence-corrected chi connectivity index (χ0v) is 15.3. The third-order valence-corrected chi connectivity index (χ3v) is 4.75. The molecule has 0 aliphatic rings. The Morgan fingerprint density at radius 2 is 1.92 bits per heavy atom. The topological polar surface area (TPSA) is 56.2 Å². The Morgan fingerprint density at radius 3 is 2.52 bits per heavy atom. The Hall–Kier alpha value is -2.60. The van der Waals surface area contributed by atoms with Crippen LogP contribution >= 0.6 is 11.3 Å². The predicted octanol–water partition coefficient (Wildman–Crippen LogP) is 4.00. The number of carbonyl (C=O) groups excluding carboxylic acids is 1. The second-order valence-electron chi connectivity index (χ2n) is 6.10. The van der Waals surface area contributed by atoms with E-state index in [1.165, 1.54) is 11.3 Å². The smallest absolute Gasteiger partial charge is 0.263 e. The average molecular weight is 355 g/mol. The van der Waals surface area contributed by atoms with Crippen molar-refractivity contribution in [1.82, 2.24) is 14.9 Å². The van der Waals surface area contributed by atoms with Crippen LogP contribution in [0.2, 0.25) is 0 Å². The molecule has 0 saturated heterocycles. The number of rotatable bonds is 6. The highest BCUT2D eigenvalue weighted by molar-refractivity contribution is 7.16. The van der Waals surface area contributed by atoms with Crippen molar-refractivity contribution in [2.75, 3.05) is 13.7 Å². The van der Waals surface area contributed by atoms with Crippen molar-refractivity contribution >= 4 is 17.2 Å². The maximum Gasteiger partial charge on any atom is 0.263 e. The molecular formula is C19H21N3O2S. The van der Waals surface area contributed by atoms with E-state index in [-0.39, 0.29) is 5.91 Å². The number of carbonyl (C=O) groups is 1. The van der Waals surface area contributed by atoms with Gasteiger partial charge in [-0.3, -0.25) is 4.79 Å². The molecule has 0 fully saturated rings.